The number of hydrogen-bond donors (Lipinski definition) is 0. The van der Waals surface area contributed by atoms with Gasteiger partial charge in [0.25, 0.3) is 0 Å². The van der Waals surface area contributed by atoms with Crippen LogP contribution in [0, 0.1) is 0 Å². The van der Waals surface area contributed by atoms with Crippen LogP contribution in [0.1, 0.15) is 31.9 Å². The van der Waals surface area contributed by atoms with Gasteiger partial charge in [0.15, 0.2) is 5.76 Å². The molecule has 1 fully saturated rings. The fourth-order valence-electron chi connectivity index (χ4n) is 2.71. The van der Waals surface area contributed by atoms with Gasteiger partial charge in [0, 0.05) is 18.7 Å². The van der Waals surface area contributed by atoms with Crippen LogP contribution in [-0.2, 0) is 16.1 Å². The van der Waals surface area contributed by atoms with E-state index in [-0.39, 0.29) is 12.5 Å². The molecule has 0 spiro atoms. The minimum Gasteiger partial charge on any atom is -0.365 e. The molecule has 1 atom stereocenters. The molecular formula is C16H20N2O3S. The maximum Gasteiger partial charge on any atom is 0.248 e. The number of carbonyl (C=O) groups is 1. The number of piperidine rings is 1. The van der Waals surface area contributed by atoms with Crippen molar-refractivity contribution >= 4 is 17.2 Å². The number of nitrogens with zero attached hydrogens (tertiary/aromatic N) is 2. The van der Waals surface area contributed by atoms with Crippen LogP contribution >= 0.6 is 11.3 Å². The summed E-state index contributed by atoms with van der Waals surface area (Å²) in [5, 5.41) is 5.97. The van der Waals surface area contributed by atoms with E-state index in [1.807, 2.05) is 28.5 Å². The maximum atomic E-state index is 12.1. The molecule has 0 aromatic carbocycles. The molecule has 1 saturated heterocycles. The minimum absolute atomic E-state index is 0.0641. The van der Waals surface area contributed by atoms with Gasteiger partial charge in [-0.25, -0.2) is 0 Å². The number of thiophene rings is 1. The first-order valence-corrected chi connectivity index (χ1v) is 8.48. The summed E-state index contributed by atoms with van der Waals surface area (Å²) in [6.07, 6.45) is 3.37. The van der Waals surface area contributed by atoms with Crippen molar-refractivity contribution in [1.29, 1.82) is 0 Å². The lowest BCUT2D eigenvalue weighted by molar-refractivity contribution is -0.139. The standard InChI is InChI=1S/C16H20N2O3S/c1-12-5-2-3-7-18(12)16(19)11-20-10-13-9-14(21-17-13)15-6-4-8-22-15/h4,6,8-9,12H,2-3,5,7,10-11H2,1H3/t12-/m0/s1. The minimum atomic E-state index is 0.0641. The van der Waals surface area contributed by atoms with Crippen LogP contribution in [0.5, 0.6) is 0 Å². The number of likely N-dealkylation sites (tertiary alicyclic amines) is 1. The van der Waals surface area contributed by atoms with Gasteiger partial charge in [-0.1, -0.05) is 11.2 Å². The normalized spacial score (nSPS) is 18.6. The van der Waals surface area contributed by atoms with Crippen molar-refractivity contribution in [2.45, 2.75) is 38.8 Å². The average Bonchev–Trinajstić information content (AvgIpc) is 3.18. The Morgan fingerprint density at radius 2 is 2.45 bits per heavy atom. The lowest BCUT2D eigenvalue weighted by Crippen LogP contribution is -2.43. The largest absolute Gasteiger partial charge is 0.365 e. The van der Waals surface area contributed by atoms with Crippen molar-refractivity contribution in [3.8, 4) is 10.6 Å². The van der Waals surface area contributed by atoms with E-state index in [4.69, 9.17) is 9.26 Å². The van der Waals surface area contributed by atoms with Gasteiger partial charge in [0.2, 0.25) is 5.91 Å². The van der Waals surface area contributed by atoms with Crippen LogP contribution in [0.15, 0.2) is 28.1 Å². The molecular weight excluding hydrogens is 300 g/mol. The molecule has 0 unspecified atom stereocenters. The summed E-state index contributed by atoms with van der Waals surface area (Å²) in [5.41, 5.74) is 0.711. The van der Waals surface area contributed by atoms with Crippen molar-refractivity contribution in [2.75, 3.05) is 13.2 Å². The summed E-state index contributed by atoms with van der Waals surface area (Å²) in [6, 6.07) is 6.14. The monoisotopic (exact) mass is 320 g/mol. The summed E-state index contributed by atoms with van der Waals surface area (Å²) in [4.78, 5) is 15.1. The molecule has 1 aliphatic rings. The summed E-state index contributed by atoms with van der Waals surface area (Å²) in [6.45, 7) is 3.34. The van der Waals surface area contributed by atoms with Crippen molar-refractivity contribution in [2.24, 2.45) is 0 Å². The first-order valence-electron chi connectivity index (χ1n) is 7.61. The number of amides is 1. The summed E-state index contributed by atoms with van der Waals surface area (Å²) < 4.78 is 10.8. The van der Waals surface area contributed by atoms with Gasteiger partial charge < -0.3 is 14.2 Å². The van der Waals surface area contributed by atoms with Crippen LogP contribution in [-0.4, -0.2) is 35.2 Å². The molecule has 6 heteroatoms. The molecule has 22 heavy (non-hydrogen) atoms. The van der Waals surface area contributed by atoms with Crippen LogP contribution in [0.3, 0.4) is 0 Å². The highest BCUT2D eigenvalue weighted by Gasteiger charge is 2.23. The third kappa shape index (κ3) is 3.56. The second-order valence-corrected chi connectivity index (χ2v) is 6.53. The van der Waals surface area contributed by atoms with Crippen molar-refractivity contribution in [3.63, 3.8) is 0 Å². The van der Waals surface area contributed by atoms with Crippen molar-refractivity contribution < 1.29 is 14.1 Å². The number of aromatic nitrogens is 1. The zero-order chi connectivity index (χ0) is 15.4. The number of ether oxygens (including phenoxy) is 1. The van der Waals surface area contributed by atoms with Crippen molar-refractivity contribution in [1.82, 2.24) is 10.1 Å². The third-order valence-electron chi connectivity index (χ3n) is 3.92. The summed E-state index contributed by atoms with van der Waals surface area (Å²) in [5.74, 6) is 0.804. The number of hydrogen-bond acceptors (Lipinski definition) is 5. The highest BCUT2D eigenvalue weighted by molar-refractivity contribution is 7.13. The first kappa shape index (κ1) is 15.2. The van der Waals surface area contributed by atoms with Crippen LogP contribution < -0.4 is 0 Å². The topological polar surface area (TPSA) is 55.6 Å². The van der Waals surface area contributed by atoms with Gasteiger partial charge in [-0.2, -0.15) is 0 Å². The number of rotatable bonds is 5. The van der Waals surface area contributed by atoms with Crippen LogP contribution in [0.2, 0.25) is 0 Å². The molecule has 1 amide bonds. The smallest absolute Gasteiger partial charge is 0.248 e. The average molecular weight is 320 g/mol. The Morgan fingerprint density at radius 1 is 1.55 bits per heavy atom. The lowest BCUT2D eigenvalue weighted by Gasteiger charge is -2.33. The zero-order valence-corrected chi connectivity index (χ0v) is 13.5. The summed E-state index contributed by atoms with van der Waals surface area (Å²) >= 11 is 1.60. The van der Waals surface area contributed by atoms with Gasteiger partial charge in [0.1, 0.15) is 12.3 Å². The Kier molecular flexibility index (Phi) is 4.90. The third-order valence-corrected chi connectivity index (χ3v) is 4.81. The van der Waals surface area contributed by atoms with E-state index in [9.17, 15) is 4.79 Å². The van der Waals surface area contributed by atoms with Gasteiger partial charge in [0.05, 0.1) is 11.5 Å². The molecule has 2 aromatic heterocycles. The fraction of sp³-hybridized carbons (Fsp3) is 0.500. The van der Waals surface area contributed by atoms with Gasteiger partial charge >= 0.3 is 0 Å². The molecule has 3 heterocycles. The zero-order valence-electron chi connectivity index (χ0n) is 12.7. The van der Waals surface area contributed by atoms with E-state index in [0.29, 0.717) is 18.3 Å². The first-order chi connectivity index (χ1) is 10.7. The number of carbonyl (C=O) groups excluding carboxylic acids is 1. The molecule has 0 N–H and O–H groups in total. The van der Waals surface area contributed by atoms with Crippen molar-refractivity contribution in [3.05, 3.63) is 29.3 Å². The highest BCUT2D eigenvalue weighted by Crippen LogP contribution is 2.25. The van der Waals surface area contributed by atoms with E-state index in [0.717, 1.165) is 30.0 Å². The second-order valence-electron chi connectivity index (χ2n) is 5.58. The molecule has 2 aromatic rings. The Morgan fingerprint density at radius 3 is 3.23 bits per heavy atom. The quantitative estimate of drug-likeness (QED) is 0.848. The van der Waals surface area contributed by atoms with Gasteiger partial charge in [-0.05, 0) is 37.6 Å². The van der Waals surface area contributed by atoms with E-state index < -0.39 is 0 Å². The van der Waals surface area contributed by atoms with Gasteiger partial charge in [-0.3, -0.25) is 4.79 Å². The SMILES string of the molecule is C[C@H]1CCCCN1C(=O)COCc1cc(-c2cccs2)on1. The molecule has 0 radical (unpaired) electrons. The van der Waals surface area contributed by atoms with E-state index in [1.165, 1.54) is 6.42 Å². The lowest BCUT2D eigenvalue weighted by atomic mass is 10.0. The molecule has 5 nitrogen and oxygen atoms in total. The molecule has 0 saturated carbocycles. The maximum absolute atomic E-state index is 12.1. The Labute approximate surface area is 133 Å². The van der Waals surface area contributed by atoms with Crippen LogP contribution in [0.4, 0.5) is 0 Å². The Hall–Kier alpha value is -1.66. The predicted octanol–water partition coefficient (Wildman–Crippen LogP) is 3.32. The Balaban J connectivity index is 1.48. The van der Waals surface area contributed by atoms with Gasteiger partial charge in [-0.15, -0.1) is 11.3 Å². The predicted molar refractivity (Wildman–Crippen MR) is 84.5 cm³/mol. The second kappa shape index (κ2) is 7.07. The van der Waals surface area contributed by atoms with E-state index in [1.54, 1.807) is 11.3 Å². The molecule has 0 bridgehead atoms. The Bertz CT molecular complexity index is 609. The van der Waals surface area contributed by atoms with E-state index in [2.05, 4.69) is 12.1 Å². The highest BCUT2D eigenvalue weighted by atomic mass is 32.1. The molecule has 118 valence electrons. The molecule has 0 aliphatic carbocycles. The molecule has 1 aliphatic heterocycles. The van der Waals surface area contributed by atoms with Crippen LogP contribution in [0.25, 0.3) is 10.6 Å². The molecule has 3 rings (SSSR count). The van der Waals surface area contributed by atoms with E-state index >= 15 is 0 Å². The fourth-order valence-corrected chi connectivity index (χ4v) is 3.38. The summed E-state index contributed by atoms with van der Waals surface area (Å²) in [7, 11) is 0.